The molecule has 0 aliphatic carbocycles. The molecule has 2 aromatic rings. The SMILES string of the molecule is O=C1CC(Cc2cc(F)c(F)cc2F)NC(c2ccccc2)CO1. The van der Waals surface area contributed by atoms with Gasteiger partial charge in [-0.3, -0.25) is 4.79 Å². The smallest absolute Gasteiger partial charge is 0.307 e. The summed E-state index contributed by atoms with van der Waals surface area (Å²) in [7, 11) is 0. The molecular weight excluding hydrogens is 319 g/mol. The van der Waals surface area contributed by atoms with E-state index in [2.05, 4.69) is 5.32 Å². The van der Waals surface area contributed by atoms with Crippen LogP contribution in [0.2, 0.25) is 0 Å². The van der Waals surface area contributed by atoms with E-state index in [1.54, 1.807) is 0 Å². The van der Waals surface area contributed by atoms with Gasteiger partial charge in [0.2, 0.25) is 0 Å². The molecule has 0 saturated carbocycles. The van der Waals surface area contributed by atoms with Crippen LogP contribution >= 0.6 is 0 Å². The van der Waals surface area contributed by atoms with Crippen molar-refractivity contribution in [3.8, 4) is 0 Å². The number of carbonyl (C=O) groups is 1. The first-order chi connectivity index (χ1) is 11.5. The van der Waals surface area contributed by atoms with Crippen molar-refractivity contribution in [3.63, 3.8) is 0 Å². The second-order valence-electron chi connectivity index (χ2n) is 5.78. The van der Waals surface area contributed by atoms with E-state index in [9.17, 15) is 18.0 Å². The van der Waals surface area contributed by atoms with Crippen molar-refractivity contribution >= 4 is 5.97 Å². The maximum absolute atomic E-state index is 13.9. The molecule has 3 nitrogen and oxygen atoms in total. The van der Waals surface area contributed by atoms with Crippen LogP contribution in [0.5, 0.6) is 0 Å². The van der Waals surface area contributed by atoms with Gasteiger partial charge in [-0.1, -0.05) is 30.3 Å². The predicted octanol–water partition coefficient (Wildman–Crippen LogP) is 3.29. The highest BCUT2D eigenvalue weighted by Crippen LogP contribution is 2.22. The van der Waals surface area contributed by atoms with E-state index in [0.29, 0.717) is 6.07 Å². The molecule has 24 heavy (non-hydrogen) atoms. The molecule has 0 amide bonds. The van der Waals surface area contributed by atoms with Gasteiger partial charge in [0.25, 0.3) is 0 Å². The summed E-state index contributed by atoms with van der Waals surface area (Å²) in [6.45, 7) is 0.166. The monoisotopic (exact) mass is 335 g/mol. The number of esters is 1. The lowest BCUT2D eigenvalue weighted by Crippen LogP contribution is -2.35. The molecule has 2 aromatic carbocycles. The van der Waals surface area contributed by atoms with Crippen LogP contribution in [-0.4, -0.2) is 18.6 Å². The highest BCUT2D eigenvalue weighted by molar-refractivity contribution is 5.70. The number of carbonyl (C=O) groups excluding carboxylic acids is 1. The quantitative estimate of drug-likeness (QED) is 0.691. The largest absolute Gasteiger partial charge is 0.464 e. The first-order valence-corrected chi connectivity index (χ1v) is 7.63. The van der Waals surface area contributed by atoms with Crippen molar-refractivity contribution in [1.29, 1.82) is 0 Å². The topological polar surface area (TPSA) is 38.3 Å². The lowest BCUT2D eigenvalue weighted by Gasteiger charge is -2.21. The molecule has 1 fully saturated rings. The van der Waals surface area contributed by atoms with Crippen LogP contribution in [0.1, 0.15) is 23.6 Å². The zero-order valence-corrected chi connectivity index (χ0v) is 12.8. The molecule has 1 heterocycles. The first-order valence-electron chi connectivity index (χ1n) is 7.63. The van der Waals surface area contributed by atoms with Crippen molar-refractivity contribution in [2.24, 2.45) is 0 Å². The Morgan fingerprint density at radius 3 is 2.50 bits per heavy atom. The molecule has 1 aliphatic rings. The van der Waals surface area contributed by atoms with Gasteiger partial charge in [0.15, 0.2) is 11.6 Å². The first kappa shape index (κ1) is 16.5. The molecule has 0 spiro atoms. The number of ether oxygens (including phenoxy) is 1. The predicted molar refractivity (Wildman–Crippen MR) is 81.7 cm³/mol. The van der Waals surface area contributed by atoms with E-state index < -0.39 is 29.5 Å². The van der Waals surface area contributed by atoms with Gasteiger partial charge >= 0.3 is 5.97 Å². The van der Waals surface area contributed by atoms with E-state index in [4.69, 9.17) is 4.74 Å². The zero-order valence-electron chi connectivity index (χ0n) is 12.8. The maximum Gasteiger partial charge on any atom is 0.307 e. The second kappa shape index (κ2) is 7.05. The lowest BCUT2D eigenvalue weighted by molar-refractivity contribution is -0.143. The lowest BCUT2D eigenvalue weighted by atomic mass is 10.0. The van der Waals surface area contributed by atoms with Crippen LogP contribution in [0, 0.1) is 17.5 Å². The summed E-state index contributed by atoms with van der Waals surface area (Å²) in [4.78, 5) is 11.8. The number of nitrogens with one attached hydrogen (secondary N) is 1. The number of rotatable bonds is 3. The molecule has 0 aromatic heterocycles. The number of hydrogen-bond donors (Lipinski definition) is 1. The van der Waals surface area contributed by atoms with Crippen molar-refractivity contribution in [2.45, 2.75) is 24.9 Å². The van der Waals surface area contributed by atoms with E-state index in [1.807, 2.05) is 30.3 Å². The summed E-state index contributed by atoms with van der Waals surface area (Å²) >= 11 is 0. The van der Waals surface area contributed by atoms with Gasteiger partial charge in [0, 0.05) is 12.1 Å². The number of benzene rings is 2. The van der Waals surface area contributed by atoms with Crippen LogP contribution < -0.4 is 5.32 Å². The minimum Gasteiger partial charge on any atom is -0.464 e. The fraction of sp³-hybridized carbons (Fsp3) is 0.278. The van der Waals surface area contributed by atoms with E-state index in [-0.39, 0.29) is 31.1 Å². The van der Waals surface area contributed by atoms with Crippen LogP contribution in [0.25, 0.3) is 0 Å². The Balaban J connectivity index is 1.81. The fourth-order valence-corrected chi connectivity index (χ4v) is 2.82. The van der Waals surface area contributed by atoms with Crippen LogP contribution in [0.3, 0.4) is 0 Å². The van der Waals surface area contributed by atoms with E-state index in [0.717, 1.165) is 11.6 Å². The van der Waals surface area contributed by atoms with Gasteiger partial charge in [-0.15, -0.1) is 0 Å². The Bertz CT molecular complexity index is 737. The average molecular weight is 335 g/mol. The third-order valence-electron chi connectivity index (χ3n) is 4.02. The molecule has 1 saturated heterocycles. The molecule has 126 valence electrons. The van der Waals surface area contributed by atoms with Gasteiger partial charge in [-0.25, -0.2) is 13.2 Å². The molecule has 2 unspecified atom stereocenters. The summed E-state index contributed by atoms with van der Waals surface area (Å²) in [6.07, 6.45) is 0.0865. The average Bonchev–Trinajstić information content (AvgIpc) is 2.75. The van der Waals surface area contributed by atoms with Crippen molar-refractivity contribution in [2.75, 3.05) is 6.61 Å². The van der Waals surface area contributed by atoms with E-state index in [1.165, 1.54) is 0 Å². The minimum absolute atomic E-state index is 0.0212. The number of cyclic esters (lactones) is 1. The minimum atomic E-state index is -1.23. The fourth-order valence-electron chi connectivity index (χ4n) is 2.82. The molecule has 0 bridgehead atoms. The normalized spacial score (nSPS) is 21.2. The summed E-state index contributed by atoms with van der Waals surface area (Å²) in [6, 6.07) is 10.1. The third-order valence-corrected chi connectivity index (χ3v) is 4.02. The zero-order chi connectivity index (χ0) is 17.1. The molecule has 3 rings (SSSR count). The summed E-state index contributed by atoms with van der Waals surface area (Å²) in [5.41, 5.74) is 0.955. The van der Waals surface area contributed by atoms with Crippen molar-refractivity contribution in [3.05, 3.63) is 71.0 Å². The van der Waals surface area contributed by atoms with Crippen LogP contribution in [-0.2, 0) is 16.0 Å². The van der Waals surface area contributed by atoms with Crippen LogP contribution in [0.15, 0.2) is 42.5 Å². The maximum atomic E-state index is 13.9. The molecular formula is C18H16F3NO2. The van der Waals surface area contributed by atoms with Gasteiger partial charge in [0.1, 0.15) is 12.4 Å². The summed E-state index contributed by atoms with van der Waals surface area (Å²) < 4.78 is 45.4. The Morgan fingerprint density at radius 1 is 1.04 bits per heavy atom. The van der Waals surface area contributed by atoms with Gasteiger partial charge in [-0.05, 0) is 23.6 Å². The highest BCUT2D eigenvalue weighted by atomic mass is 19.2. The van der Waals surface area contributed by atoms with Gasteiger partial charge in [0.05, 0.1) is 12.5 Å². The Kier molecular flexibility index (Phi) is 4.85. The third kappa shape index (κ3) is 3.76. The molecule has 0 radical (unpaired) electrons. The Morgan fingerprint density at radius 2 is 1.75 bits per heavy atom. The van der Waals surface area contributed by atoms with Crippen LogP contribution in [0.4, 0.5) is 13.2 Å². The van der Waals surface area contributed by atoms with Gasteiger partial charge in [-0.2, -0.15) is 0 Å². The van der Waals surface area contributed by atoms with E-state index >= 15 is 0 Å². The summed E-state index contributed by atoms with van der Waals surface area (Å²) in [5, 5.41) is 3.24. The second-order valence-corrected chi connectivity index (χ2v) is 5.78. The number of hydrogen-bond acceptors (Lipinski definition) is 3. The number of halogens is 3. The summed E-state index contributed by atoms with van der Waals surface area (Å²) in [5.74, 6) is -3.58. The standard InChI is InChI=1S/C18H16F3NO2/c19-14-9-16(21)15(20)7-12(14)6-13-8-18(23)24-10-17(22-13)11-4-2-1-3-5-11/h1-5,7,9,13,17,22H,6,8,10H2. The molecule has 2 atom stereocenters. The van der Waals surface area contributed by atoms with Crippen molar-refractivity contribution < 1.29 is 22.7 Å². The Labute approximate surface area is 137 Å². The Hall–Kier alpha value is -2.34. The molecule has 6 heteroatoms. The molecule has 1 N–H and O–H groups in total. The molecule has 1 aliphatic heterocycles. The van der Waals surface area contributed by atoms with Gasteiger partial charge < -0.3 is 10.1 Å². The van der Waals surface area contributed by atoms with Crippen molar-refractivity contribution in [1.82, 2.24) is 5.32 Å². The highest BCUT2D eigenvalue weighted by Gasteiger charge is 2.26.